The monoisotopic (exact) mass is 466 g/mol. The highest BCUT2D eigenvalue weighted by atomic mass is 127. The van der Waals surface area contributed by atoms with E-state index in [1.807, 2.05) is 32.7 Å². The molecule has 8 heteroatoms. The van der Waals surface area contributed by atoms with E-state index in [4.69, 9.17) is 4.74 Å². The topological polar surface area (TPSA) is 66.0 Å². The van der Waals surface area contributed by atoms with Crippen molar-refractivity contribution in [3.05, 3.63) is 35.6 Å². The van der Waals surface area contributed by atoms with Crippen LogP contribution in [0.15, 0.2) is 29.3 Å². The molecule has 0 spiro atoms. The molecule has 1 aromatic rings. The van der Waals surface area contributed by atoms with E-state index < -0.39 is 11.7 Å². The van der Waals surface area contributed by atoms with E-state index in [2.05, 4.69) is 15.6 Å². The van der Waals surface area contributed by atoms with E-state index in [0.717, 1.165) is 5.56 Å². The van der Waals surface area contributed by atoms with Crippen molar-refractivity contribution in [2.75, 3.05) is 27.2 Å². The first-order chi connectivity index (χ1) is 11.2. The average molecular weight is 466 g/mol. The first-order valence-electron chi connectivity index (χ1n) is 7.84. The Kier molecular flexibility index (Phi) is 10.4. The van der Waals surface area contributed by atoms with Crippen molar-refractivity contribution >= 4 is 36.0 Å². The number of halogens is 2. The van der Waals surface area contributed by atoms with Gasteiger partial charge in [0, 0.05) is 33.7 Å². The van der Waals surface area contributed by atoms with E-state index in [9.17, 15) is 9.18 Å². The Balaban J connectivity index is 0.00000576. The lowest BCUT2D eigenvalue weighted by Gasteiger charge is -2.23. The summed E-state index contributed by atoms with van der Waals surface area (Å²) in [5.74, 6) is 0.433. The summed E-state index contributed by atoms with van der Waals surface area (Å²) >= 11 is 0. The largest absolute Gasteiger partial charge is 0.444 e. The van der Waals surface area contributed by atoms with E-state index >= 15 is 0 Å². The molecule has 0 fully saturated rings. The van der Waals surface area contributed by atoms with Crippen LogP contribution < -0.4 is 10.6 Å². The molecule has 25 heavy (non-hydrogen) atoms. The molecule has 0 saturated heterocycles. The maximum atomic E-state index is 12.9. The number of aliphatic imine (C=N–C) groups is 1. The standard InChI is InChI=1S/C17H27FN4O2.HI/c1-17(2,3)24-16(23)21-11-10-20-15(19-4)22(5)12-13-6-8-14(18)9-7-13;/h6-9H,10-12H2,1-5H3,(H,19,20)(H,21,23);1H. The molecule has 142 valence electrons. The van der Waals surface area contributed by atoms with Crippen LogP contribution in [0.2, 0.25) is 0 Å². The lowest BCUT2D eigenvalue weighted by molar-refractivity contribution is 0.0529. The number of ether oxygens (including phenoxy) is 1. The SMILES string of the molecule is CN=C(NCCNC(=O)OC(C)(C)C)N(C)Cc1ccc(F)cc1.I. The van der Waals surface area contributed by atoms with Gasteiger partial charge in [0.2, 0.25) is 0 Å². The van der Waals surface area contributed by atoms with Crippen LogP contribution in [-0.4, -0.2) is 49.7 Å². The molecule has 2 N–H and O–H groups in total. The molecule has 0 unspecified atom stereocenters. The molecule has 0 saturated carbocycles. The van der Waals surface area contributed by atoms with Gasteiger partial charge >= 0.3 is 6.09 Å². The Morgan fingerprint density at radius 3 is 2.28 bits per heavy atom. The maximum Gasteiger partial charge on any atom is 0.407 e. The fraction of sp³-hybridized carbons (Fsp3) is 0.529. The van der Waals surface area contributed by atoms with Crippen molar-refractivity contribution in [1.29, 1.82) is 0 Å². The van der Waals surface area contributed by atoms with Gasteiger partial charge in [-0.15, -0.1) is 24.0 Å². The van der Waals surface area contributed by atoms with Gasteiger partial charge in [-0.2, -0.15) is 0 Å². The summed E-state index contributed by atoms with van der Waals surface area (Å²) in [4.78, 5) is 17.7. The highest BCUT2D eigenvalue weighted by Crippen LogP contribution is 2.06. The van der Waals surface area contributed by atoms with Gasteiger partial charge in [0.15, 0.2) is 5.96 Å². The number of carbonyl (C=O) groups is 1. The molecule has 6 nitrogen and oxygen atoms in total. The second kappa shape index (κ2) is 11.1. The molecular weight excluding hydrogens is 438 g/mol. The predicted molar refractivity (Wildman–Crippen MR) is 109 cm³/mol. The third-order valence-corrected chi connectivity index (χ3v) is 2.98. The lowest BCUT2D eigenvalue weighted by atomic mass is 10.2. The number of hydrogen-bond donors (Lipinski definition) is 2. The zero-order chi connectivity index (χ0) is 18.2. The predicted octanol–water partition coefficient (Wildman–Crippen LogP) is 2.98. The van der Waals surface area contributed by atoms with Crippen LogP contribution in [-0.2, 0) is 11.3 Å². The van der Waals surface area contributed by atoms with Gasteiger partial charge in [0.1, 0.15) is 11.4 Å². The van der Waals surface area contributed by atoms with Crippen molar-refractivity contribution in [2.24, 2.45) is 4.99 Å². The fourth-order valence-corrected chi connectivity index (χ4v) is 1.98. The second-order valence-electron chi connectivity index (χ2n) is 6.39. The van der Waals surface area contributed by atoms with Gasteiger partial charge in [-0.25, -0.2) is 9.18 Å². The first-order valence-corrected chi connectivity index (χ1v) is 7.84. The van der Waals surface area contributed by atoms with Crippen molar-refractivity contribution < 1.29 is 13.9 Å². The lowest BCUT2D eigenvalue weighted by Crippen LogP contribution is -2.43. The molecule has 0 radical (unpaired) electrons. The summed E-state index contributed by atoms with van der Waals surface area (Å²) in [5, 5.41) is 5.83. The van der Waals surface area contributed by atoms with Crippen LogP contribution in [0.3, 0.4) is 0 Å². The highest BCUT2D eigenvalue weighted by molar-refractivity contribution is 14.0. The van der Waals surface area contributed by atoms with E-state index in [1.165, 1.54) is 12.1 Å². The van der Waals surface area contributed by atoms with Crippen molar-refractivity contribution in [2.45, 2.75) is 32.9 Å². The summed E-state index contributed by atoms with van der Waals surface area (Å²) in [5.41, 5.74) is 0.469. The van der Waals surface area contributed by atoms with Gasteiger partial charge in [-0.1, -0.05) is 12.1 Å². The second-order valence-corrected chi connectivity index (χ2v) is 6.39. The Bertz CT molecular complexity index is 559. The number of amides is 1. The quantitative estimate of drug-likeness (QED) is 0.303. The van der Waals surface area contributed by atoms with Crippen LogP contribution in [0.5, 0.6) is 0 Å². The number of hydrogen-bond acceptors (Lipinski definition) is 3. The first kappa shape index (κ1) is 23.4. The molecule has 1 rings (SSSR count). The maximum absolute atomic E-state index is 12.9. The van der Waals surface area contributed by atoms with Gasteiger partial charge in [0.25, 0.3) is 0 Å². The minimum Gasteiger partial charge on any atom is -0.444 e. The normalized spacial score (nSPS) is 11.4. The van der Waals surface area contributed by atoms with Crippen LogP contribution in [0.4, 0.5) is 9.18 Å². The van der Waals surface area contributed by atoms with E-state index in [-0.39, 0.29) is 29.8 Å². The molecule has 1 aromatic carbocycles. The molecule has 0 aliphatic rings. The van der Waals surface area contributed by atoms with E-state index in [1.54, 1.807) is 19.2 Å². The summed E-state index contributed by atoms with van der Waals surface area (Å²) in [6.45, 7) is 6.97. The Labute approximate surface area is 166 Å². The van der Waals surface area contributed by atoms with Crippen LogP contribution in [0, 0.1) is 5.82 Å². The number of rotatable bonds is 5. The molecule has 0 aromatic heterocycles. The Hall–Kier alpha value is -1.58. The minimum absolute atomic E-state index is 0. The molecule has 0 heterocycles. The van der Waals surface area contributed by atoms with Gasteiger partial charge in [-0.05, 0) is 38.5 Å². The molecule has 0 atom stereocenters. The molecular formula is C17H28FIN4O2. The zero-order valence-electron chi connectivity index (χ0n) is 15.4. The Morgan fingerprint density at radius 2 is 1.76 bits per heavy atom. The van der Waals surface area contributed by atoms with Crippen LogP contribution >= 0.6 is 24.0 Å². The molecule has 0 aliphatic carbocycles. The molecule has 0 aliphatic heterocycles. The van der Waals surface area contributed by atoms with Crippen molar-refractivity contribution in [1.82, 2.24) is 15.5 Å². The third-order valence-electron chi connectivity index (χ3n) is 2.98. The van der Waals surface area contributed by atoms with E-state index in [0.29, 0.717) is 25.6 Å². The number of nitrogens with one attached hydrogen (secondary N) is 2. The number of nitrogens with zero attached hydrogens (tertiary/aromatic N) is 2. The average Bonchev–Trinajstić information content (AvgIpc) is 2.47. The minimum atomic E-state index is -0.511. The summed E-state index contributed by atoms with van der Waals surface area (Å²) < 4.78 is 18.1. The number of alkyl carbamates (subject to hydrolysis) is 1. The smallest absolute Gasteiger partial charge is 0.407 e. The van der Waals surface area contributed by atoms with Gasteiger partial charge in [0.05, 0.1) is 0 Å². The highest BCUT2D eigenvalue weighted by Gasteiger charge is 2.15. The number of guanidine groups is 1. The summed E-state index contributed by atoms with van der Waals surface area (Å²) in [6.07, 6.45) is -0.445. The van der Waals surface area contributed by atoms with Gasteiger partial charge < -0.3 is 20.3 Å². The summed E-state index contributed by atoms with van der Waals surface area (Å²) in [6, 6.07) is 6.35. The fourth-order valence-electron chi connectivity index (χ4n) is 1.98. The third kappa shape index (κ3) is 10.1. The number of carbonyl (C=O) groups excluding carboxylic acids is 1. The Morgan fingerprint density at radius 1 is 1.20 bits per heavy atom. The summed E-state index contributed by atoms with van der Waals surface area (Å²) in [7, 11) is 3.57. The van der Waals surface area contributed by atoms with Crippen LogP contribution in [0.1, 0.15) is 26.3 Å². The van der Waals surface area contributed by atoms with Gasteiger partial charge in [-0.3, -0.25) is 4.99 Å². The van der Waals surface area contributed by atoms with Crippen molar-refractivity contribution in [3.63, 3.8) is 0 Å². The van der Waals surface area contributed by atoms with Crippen molar-refractivity contribution in [3.8, 4) is 0 Å². The number of benzene rings is 1. The van der Waals surface area contributed by atoms with Crippen LogP contribution in [0.25, 0.3) is 0 Å². The molecule has 0 bridgehead atoms. The zero-order valence-corrected chi connectivity index (χ0v) is 17.8. The molecule has 1 amide bonds.